The number of hydrogen-bond donors (Lipinski definition) is 0. The van der Waals surface area contributed by atoms with Gasteiger partial charge in [0.1, 0.15) is 0 Å². The van der Waals surface area contributed by atoms with Crippen LogP contribution in [0.1, 0.15) is 64.8 Å². The third-order valence-corrected chi connectivity index (χ3v) is 5.93. The van der Waals surface area contributed by atoms with Gasteiger partial charge in [-0.2, -0.15) is 0 Å². The fourth-order valence-corrected chi connectivity index (χ4v) is 4.56. The number of likely N-dealkylation sites (tertiary alicyclic amines) is 1. The molecule has 3 heteroatoms. The highest BCUT2D eigenvalue weighted by Gasteiger charge is 2.35. The normalized spacial score (nSPS) is 22.5. The zero-order chi connectivity index (χ0) is 17.9. The number of benzene rings is 2. The number of piperidine rings is 1. The van der Waals surface area contributed by atoms with Gasteiger partial charge in [-0.3, -0.25) is 9.59 Å². The van der Waals surface area contributed by atoms with Crippen LogP contribution in [-0.4, -0.2) is 29.2 Å². The Morgan fingerprint density at radius 1 is 0.731 bits per heavy atom. The first-order valence-electron chi connectivity index (χ1n) is 9.75. The van der Waals surface area contributed by atoms with Gasteiger partial charge in [-0.15, -0.1) is 0 Å². The molecule has 26 heavy (non-hydrogen) atoms. The van der Waals surface area contributed by atoms with Crippen molar-refractivity contribution in [1.82, 2.24) is 4.90 Å². The molecule has 2 aliphatic rings. The summed E-state index contributed by atoms with van der Waals surface area (Å²) in [6.07, 6.45) is 7.31. The summed E-state index contributed by atoms with van der Waals surface area (Å²) in [7, 11) is 0. The lowest BCUT2D eigenvalue weighted by Gasteiger charge is -2.44. The summed E-state index contributed by atoms with van der Waals surface area (Å²) in [6, 6.07) is 16.9. The number of carbonyl (C=O) groups is 2. The second-order valence-corrected chi connectivity index (χ2v) is 7.53. The summed E-state index contributed by atoms with van der Waals surface area (Å²) in [4.78, 5) is 27.7. The molecule has 3 nitrogen and oxygen atoms in total. The summed E-state index contributed by atoms with van der Waals surface area (Å²) in [6.45, 7) is 0.866. The second kappa shape index (κ2) is 7.45. The lowest BCUT2D eigenvalue weighted by atomic mass is 9.78. The monoisotopic (exact) mass is 347 g/mol. The SMILES string of the molecule is O=C(c1ccccc1)c1ccc(C(=O)N2CCC[C@@H]3CCCC[C@H]32)cc1. The number of ketones is 1. The Morgan fingerprint density at radius 2 is 1.35 bits per heavy atom. The van der Waals surface area contributed by atoms with Crippen LogP contribution in [0, 0.1) is 5.92 Å². The average Bonchev–Trinajstić information content (AvgIpc) is 2.73. The van der Waals surface area contributed by atoms with Crippen LogP contribution in [0.15, 0.2) is 54.6 Å². The van der Waals surface area contributed by atoms with Gasteiger partial charge >= 0.3 is 0 Å². The maximum atomic E-state index is 13.0. The fraction of sp³-hybridized carbons (Fsp3) is 0.391. The van der Waals surface area contributed by atoms with Gasteiger partial charge in [0.15, 0.2) is 5.78 Å². The van der Waals surface area contributed by atoms with Crippen LogP contribution in [0.5, 0.6) is 0 Å². The van der Waals surface area contributed by atoms with E-state index in [1.165, 1.54) is 25.7 Å². The molecule has 4 rings (SSSR count). The van der Waals surface area contributed by atoms with Crippen molar-refractivity contribution in [2.75, 3.05) is 6.54 Å². The molecule has 134 valence electrons. The van der Waals surface area contributed by atoms with E-state index in [2.05, 4.69) is 4.90 Å². The van der Waals surface area contributed by atoms with Crippen molar-refractivity contribution in [1.29, 1.82) is 0 Å². The van der Waals surface area contributed by atoms with Crippen LogP contribution >= 0.6 is 0 Å². The van der Waals surface area contributed by atoms with E-state index in [4.69, 9.17) is 0 Å². The molecule has 1 saturated heterocycles. The van der Waals surface area contributed by atoms with Crippen molar-refractivity contribution in [3.05, 3.63) is 71.3 Å². The van der Waals surface area contributed by atoms with Crippen LogP contribution in [-0.2, 0) is 0 Å². The van der Waals surface area contributed by atoms with E-state index in [9.17, 15) is 9.59 Å². The Labute approximate surface area is 155 Å². The molecule has 0 bridgehead atoms. The molecule has 1 aliphatic heterocycles. The predicted octanol–water partition coefficient (Wildman–Crippen LogP) is 4.71. The van der Waals surface area contributed by atoms with Crippen LogP contribution in [0.3, 0.4) is 0 Å². The van der Waals surface area contributed by atoms with Gasteiger partial charge in [0.2, 0.25) is 0 Å². The zero-order valence-corrected chi connectivity index (χ0v) is 15.1. The van der Waals surface area contributed by atoms with E-state index in [1.54, 1.807) is 12.1 Å². The molecule has 0 aromatic heterocycles. The topological polar surface area (TPSA) is 37.4 Å². The molecule has 2 aromatic carbocycles. The Bertz CT molecular complexity index is 780. The van der Waals surface area contributed by atoms with Crippen LogP contribution in [0.2, 0.25) is 0 Å². The molecular weight excluding hydrogens is 322 g/mol. The highest BCUT2D eigenvalue weighted by Crippen LogP contribution is 2.35. The van der Waals surface area contributed by atoms with Gasteiger partial charge in [0, 0.05) is 29.3 Å². The summed E-state index contributed by atoms with van der Waals surface area (Å²) in [5, 5.41) is 0. The quantitative estimate of drug-likeness (QED) is 0.754. The molecule has 1 amide bonds. The lowest BCUT2D eigenvalue weighted by molar-refractivity contribution is 0.0390. The number of hydrogen-bond acceptors (Lipinski definition) is 2. The van der Waals surface area contributed by atoms with Gasteiger partial charge < -0.3 is 4.90 Å². The largest absolute Gasteiger partial charge is 0.335 e. The third-order valence-electron chi connectivity index (χ3n) is 5.93. The molecule has 1 heterocycles. The van der Waals surface area contributed by atoms with Crippen LogP contribution < -0.4 is 0 Å². The Balaban J connectivity index is 1.51. The molecule has 0 radical (unpaired) electrons. The Morgan fingerprint density at radius 3 is 2.12 bits per heavy atom. The van der Waals surface area contributed by atoms with Crippen molar-refractivity contribution in [2.45, 2.75) is 44.6 Å². The zero-order valence-electron chi connectivity index (χ0n) is 15.1. The summed E-state index contributed by atoms with van der Waals surface area (Å²) in [5.41, 5.74) is 2.00. The molecule has 1 aliphatic carbocycles. The summed E-state index contributed by atoms with van der Waals surface area (Å²) >= 11 is 0. The summed E-state index contributed by atoms with van der Waals surface area (Å²) in [5.74, 6) is 0.801. The molecule has 0 N–H and O–H groups in total. The van der Waals surface area contributed by atoms with Crippen molar-refractivity contribution in [3.8, 4) is 0 Å². The number of fused-ring (bicyclic) bond motifs is 1. The second-order valence-electron chi connectivity index (χ2n) is 7.53. The maximum Gasteiger partial charge on any atom is 0.254 e. The molecule has 0 spiro atoms. The van der Waals surface area contributed by atoms with E-state index in [1.807, 2.05) is 42.5 Å². The van der Waals surface area contributed by atoms with Crippen LogP contribution in [0.4, 0.5) is 0 Å². The number of rotatable bonds is 3. The van der Waals surface area contributed by atoms with E-state index in [0.29, 0.717) is 28.7 Å². The highest BCUT2D eigenvalue weighted by atomic mass is 16.2. The first-order valence-corrected chi connectivity index (χ1v) is 9.75. The molecule has 0 unspecified atom stereocenters. The predicted molar refractivity (Wildman–Crippen MR) is 102 cm³/mol. The molecule has 2 fully saturated rings. The lowest BCUT2D eigenvalue weighted by Crippen LogP contribution is -2.49. The highest BCUT2D eigenvalue weighted by molar-refractivity contribution is 6.09. The minimum Gasteiger partial charge on any atom is -0.335 e. The first kappa shape index (κ1) is 17.0. The van der Waals surface area contributed by atoms with E-state index < -0.39 is 0 Å². The van der Waals surface area contributed by atoms with Gasteiger partial charge in [-0.25, -0.2) is 0 Å². The number of carbonyl (C=O) groups excluding carboxylic acids is 2. The Kier molecular flexibility index (Phi) is 4.87. The molecule has 2 atom stereocenters. The Hall–Kier alpha value is -2.42. The maximum absolute atomic E-state index is 13.0. The van der Waals surface area contributed by atoms with E-state index in [0.717, 1.165) is 19.4 Å². The average molecular weight is 347 g/mol. The van der Waals surface area contributed by atoms with Gasteiger partial charge in [-0.05, 0) is 43.7 Å². The van der Waals surface area contributed by atoms with Crippen molar-refractivity contribution < 1.29 is 9.59 Å². The van der Waals surface area contributed by atoms with Crippen LogP contribution in [0.25, 0.3) is 0 Å². The fourth-order valence-electron chi connectivity index (χ4n) is 4.56. The van der Waals surface area contributed by atoms with Crippen molar-refractivity contribution >= 4 is 11.7 Å². The van der Waals surface area contributed by atoms with Crippen molar-refractivity contribution in [2.24, 2.45) is 5.92 Å². The van der Waals surface area contributed by atoms with Gasteiger partial charge in [0.05, 0.1) is 0 Å². The first-order chi connectivity index (χ1) is 12.7. The van der Waals surface area contributed by atoms with Gasteiger partial charge in [0.25, 0.3) is 5.91 Å². The third kappa shape index (κ3) is 3.31. The minimum atomic E-state index is -0.00471. The molecule has 2 aromatic rings. The van der Waals surface area contributed by atoms with E-state index >= 15 is 0 Å². The smallest absolute Gasteiger partial charge is 0.254 e. The standard InChI is InChI=1S/C23H25NO2/c25-22(18-8-2-1-3-9-18)19-12-14-20(15-13-19)23(26)24-16-6-10-17-7-4-5-11-21(17)24/h1-3,8-9,12-15,17,21H,4-7,10-11,16H2/t17-,21+/m0/s1. The molecular formula is C23H25NO2. The van der Waals surface area contributed by atoms with Gasteiger partial charge in [-0.1, -0.05) is 55.3 Å². The number of nitrogens with zero attached hydrogens (tertiary/aromatic N) is 1. The van der Waals surface area contributed by atoms with E-state index in [-0.39, 0.29) is 11.7 Å². The summed E-state index contributed by atoms with van der Waals surface area (Å²) < 4.78 is 0. The molecule has 1 saturated carbocycles. The number of amides is 1. The van der Waals surface area contributed by atoms with Crippen molar-refractivity contribution in [3.63, 3.8) is 0 Å². The minimum absolute atomic E-state index is 0.00471.